The van der Waals surface area contributed by atoms with Gasteiger partial charge in [0.1, 0.15) is 5.75 Å². The fourth-order valence-corrected chi connectivity index (χ4v) is 2.47. The minimum absolute atomic E-state index is 0.221. The number of ether oxygens (including phenoxy) is 1. The number of hydrogen-bond acceptors (Lipinski definition) is 3. The van der Waals surface area contributed by atoms with Crippen molar-refractivity contribution in [3.05, 3.63) is 59.7 Å². The summed E-state index contributed by atoms with van der Waals surface area (Å²) in [5, 5.41) is 5.51. The van der Waals surface area contributed by atoms with E-state index in [1.54, 1.807) is 31.2 Å². The zero-order valence-electron chi connectivity index (χ0n) is 15.7. The lowest BCUT2D eigenvalue weighted by atomic mass is 10.0. The van der Waals surface area contributed by atoms with Crippen LogP contribution >= 0.6 is 0 Å². The van der Waals surface area contributed by atoms with E-state index in [-0.39, 0.29) is 11.8 Å². The van der Waals surface area contributed by atoms with Crippen LogP contribution in [0.4, 0.5) is 5.69 Å². The molecule has 5 heteroatoms. The van der Waals surface area contributed by atoms with Crippen LogP contribution in [-0.2, 0) is 4.79 Å². The maximum absolute atomic E-state index is 12.5. The van der Waals surface area contributed by atoms with Crippen molar-refractivity contribution in [2.75, 3.05) is 11.9 Å². The molecule has 0 saturated carbocycles. The van der Waals surface area contributed by atoms with E-state index in [1.165, 1.54) is 5.56 Å². The van der Waals surface area contributed by atoms with Crippen molar-refractivity contribution in [1.29, 1.82) is 0 Å². The number of carbonyl (C=O) groups excluding carboxylic acids is 2. The topological polar surface area (TPSA) is 67.4 Å². The molecule has 1 atom stereocenters. The number of para-hydroxylation sites is 1. The molecule has 0 radical (unpaired) electrons. The molecule has 5 nitrogen and oxygen atoms in total. The van der Waals surface area contributed by atoms with Crippen molar-refractivity contribution in [2.45, 2.75) is 39.7 Å². The van der Waals surface area contributed by atoms with Gasteiger partial charge in [0.15, 0.2) is 6.10 Å². The van der Waals surface area contributed by atoms with Crippen LogP contribution in [0.1, 0.15) is 49.5 Å². The van der Waals surface area contributed by atoms with Gasteiger partial charge in [0, 0.05) is 6.54 Å². The summed E-state index contributed by atoms with van der Waals surface area (Å²) < 4.78 is 5.72. The van der Waals surface area contributed by atoms with E-state index in [0.717, 1.165) is 0 Å². The molecule has 0 heterocycles. The highest BCUT2D eigenvalue weighted by molar-refractivity contribution is 6.04. The van der Waals surface area contributed by atoms with Gasteiger partial charge >= 0.3 is 0 Å². The Morgan fingerprint density at radius 1 is 1.00 bits per heavy atom. The molecule has 0 aliphatic heterocycles. The summed E-state index contributed by atoms with van der Waals surface area (Å²) in [5.41, 5.74) is 2.11. The third kappa shape index (κ3) is 5.09. The Morgan fingerprint density at radius 2 is 1.65 bits per heavy atom. The third-order valence-electron chi connectivity index (χ3n) is 4.00. The Bertz CT molecular complexity index is 754. The Kier molecular flexibility index (Phi) is 6.78. The first kappa shape index (κ1) is 19.5. The van der Waals surface area contributed by atoms with Crippen molar-refractivity contribution in [3.63, 3.8) is 0 Å². The van der Waals surface area contributed by atoms with Gasteiger partial charge in [0.2, 0.25) is 0 Å². The van der Waals surface area contributed by atoms with Gasteiger partial charge in [-0.05, 0) is 49.6 Å². The smallest absolute Gasteiger partial charge is 0.265 e. The molecular weight excluding hydrogens is 328 g/mol. The highest BCUT2D eigenvalue weighted by atomic mass is 16.5. The number of amides is 2. The summed E-state index contributed by atoms with van der Waals surface area (Å²) in [6.45, 7) is 8.29. The van der Waals surface area contributed by atoms with E-state index >= 15 is 0 Å². The number of benzene rings is 2. The summed E-state index contributed by atoms with van der Waals surface area (Å²) >= 11 is 0. The Balaban J connectivity index is 2.04. The van der Waals surface area contributed by atoms with Crippen molar-refractivity contribution in [3.8, 4) is 5.75 Å². The lowest BCUT2D eigenvalue weighted by Crippen LogP contribution is -2.31. The van der Waals surface area contributed by atoms with Crippen molar-refractivity contribution >= 4 is 17.5 Å². The highest BCUT2D eigenvalue weighted by Crippen LogP contribution is 2.20. The number of anilines is 1. The molecule has 0 aliphatic carbocycles. The third-order valence-corrected chi connectivity index (χ3v) is 4.00. The standard InChI is InChI=1S/C21H26N2O3/c1-5-22-21(25)18-8-6-7-9-19(18)23-20(24)15(4)26-17-12-10-16(11-13-17)14(2)3/h6-15H,5H2,1-4H3,(H,22,25)(H,23,24). The number of rotatable bonds is 7. The largest absolute Gasteiger partial charge is 0.481 e. The van der Waals surface area contributed by atoms with Gasteiger partial charge in [-0.2, -0.15) is 0 Å². The predicted molar refractivity (Wildman–Crippen MR) is 104 cm³/mol. The fourth-order valence-electron chi connectivity index (χ4n) is 2.47. The first-order valence-electron chi connectivity index (χ1n) is 8.87. The van der Waals surface area contributed by atoms with E-state index in [9.17, 15) is 9.59 Å². The lowest BCUT2D eigenvalue weighted by molar-refractivity contribution is -0.122. The maximum atomic E-state index is 12.5. The van der Waals surface area contributed by atoms with Crippen LogP contribution in [-0.4, -0.2) is 24.5 Å². The van der Waals surface area contributed by atoms with Gasteiger partial charge in [-0.15, -0.1) is 0 Å². The maximum Gasteiger partial charge on any atom is 0.265 e. The van der Waals surface area contributed by atoms with Crippen molar-refractivity contribution in [2.24, 2.45) is 0 Å². The molecule has 138 valence electrons. The molecule has 0 saturated heterocycles. The van der Waals surface area contributed by atoms with Gasteiger partial charge < -0.3 is 15.4 Å². The average molecular weight is 354 g/mol. The first-order valence-corrected chi connectivity index (χ1v) is 8.87. The molecule has 2 N–H and O–H groups in total. The summed E-state index contributed by atoms with van der Waals surface area (Å²) in [6, 6.07) is 14.6. The Labute approximate surface area is 154 Å². The Morgan fingerprint density at radius 3 is 2.27 bits per heavy atom. The lowest BCUT2D eigenvalue weighted by Gasteiger charge is -2.17. The van der Waals surface area contributed by atoms with Gasteiger partial charge in [-0.25, -0.2) is 0 Å². The first-order chi connectivity index (χ1) is 12.4. The number of carbonyl (C=O) groups is 2. The van der Waals surface area contributed by atoms with Crippen LogP contribution in [0.5, 0.6) is 5.75 Å². The SMILES string of the molecule is CCNC(=O)c1ccccc1NC(=O)C(C)Oc1ccc(C(C)C)cc1. The van der Waals surface area contributed by atoms with Crippen molar-refractivity contribution in [1.82, 2.24) is 5.32 Å². The quantitative estimate of drug-likeness (QED) is 0.791. The molecule has 0 bridgehead atoms. The van der Waals surface area contributed by atoms with Crippen LogP contribution in [0.25, 0.3) is 0 Å². The summed E-state index contributed by atoms with van der Waals surface area (Å²) in [7, 11) is 0. The fraction of sp³-hybridized carbons (Fsp3) is 0.333. The van der Waals surface area contributed by atoms with Crippen LogP contribution in [0.2, 0.25) is 0 Å². The molecule has 2 amide bonds. The zero-order chi connectivity index (χ0) is 19.1. The molecule has 0 aliphatic rings. The average Bonchev–Trinajstić information content (AvgIpc) is 2.62. The van der Waals surface area contributed by atoms with Gasteiger partial charge in [-0.3, -0.25) is 9.59 Å². The predicted octanol–water partition coefficient (Wildman–Crippen LogP) is 3.97. The summed E-state index contributed by atoms with van der Waals surface area (Å²) in [5.74, 6) is 0.542. The molecule has 2 aromatic rings. The molecule has 0 aromatic heterocycles. The minimum atomic E-state index is -0.692. The molecule has 2 aromatic carbocycles. The minimum Gasteiger partial charge on any atom is -0.481 e. The summed E-state index contributed by atoms with van der Waals surface area (Å²) in [6.07, 6.45) is -0.692. The second kappa shape index (κ2) is 9.04. The Hall–Kier alpha value is -2.82. The van der Waals surface area contributed by atoms with E-state index < -0.39 is 6.10 Å². The highest BCUT2D eigenvalue weighted by Gasteiger charge is 2.18. The van der Waals surface area contributed by atoms with E-state index in [2.05, 4.69) is 24.5 Å². The summed E-state index contributed by atoms with van der Waals surface area (Å²) in [4.78, 5) is 24.6. The monoisotopic (exact) mass is 354 g/mol. The van der Waals surface area contributed by atoms with Crippen LogP contribution < -0.4 is 15.4 Å². The molecule has 2 rings (SSSR count). The zero-order valence-corrected chi connectivity index (χ0v) is 15.7. The second-order valence-corrected chi connectivity index (χ2v) is 6.38. The second-order valence-electron chi connectivity index (χ2n) is 6.38. The normalized spacial score (nSPS) is 11.7. The van der Waals surface area contributed by atoms with E-state index in [0.29, 0.717) is 29.5 Å². The van der Waals surface area contributed by atoms with Gasteiger partial charge in [0.05, 0.1) is 11.3 Å². The van der Waals surface area contributed by atoms with E-state index in [1.807, 2.05) is 31.2 Å². The number of hydrogen-bond donors (Lipinski definition) is 2. The molecule has 0 spiro atoms. The number of nitrogens with one attached hydrogen (secondary N) is 2. The molecule has 0 fully saturated rings. The van der Waals surface area contributed by atoms with Crippen LogP contribution in [0.3, 0.4) is 0 Å². The van der Waals surface area contributed by atoms with Crippen LogP contribution in [0, 0.1) is 0 Å². The van der Waals surface area contributed by atoms with Gasteiger partial charge in [-0.1, -0.05) is 38.1 Å². The molecule has 26 heavy (non-hydrogen) atoms. The van der Waals surface area contributed by atoms with Crippen LogP contribution in [0.15, 0.2) is 48.5 Å². The molecular formula is C21H26N2O3. The van der Waals surface area contributed by atoms with Gasteiger partial charge in [0.25, 0.3) is 11.8 Å². The van der Waals surface area contributed by atoms with Crippen molar-refractivity contribution < 1.29 is 14.3 Å². The molecule has 1 unspecified atom stereocenters. The van der Waals surface area contributed by atoms with E-state index in [4.69, 9.17) is 4.74 Å².